The monoisotopic (exact) mass is 248 g/mol. The summed E-state index contributed by atoms with van der Waals surface area (Å²) in [5.74, 6) is 0.251. The molecule has 0 bridgehead atoms. The summed E-state index contributed by atoms with van der Waals surface area (Å²) in [6.07, 6.45) is -1.01. The summed E-state index contributed by atoms with van der Waals surface area (Å²) >= 11 is 5.75. The molecule has 2 rings (SSSR count). The normalized spacial score (nSPS) is 22.4. The van der Waals surface area contributed by atoms with Crippen molar-refractivity contribution >= 4 is 11.6 Å². The minimum atomic E-state index is -1.57. The number of aliphatic hydroxyl groups is 1. The summed E-state index contributed by atoms with van der Waals surface area (Å²) < 4.78 is 30.9. The highest BCUT2D eigenvalue weighted by atomic mass is 35.5. The molecule has 0 saturated heterocycles. The topological polar surface area (TPSA) is 29.5 Å². The number of alkyl halides is 2. The molecule has 1 aliphatic rings. The van der Waals surface area contributed by atoms with Crippen molar-refractivity contribution in [1.82, 2.24) is 0 Å². The van der Waals surface area contributed by atoms with E-state index < -0.39 is 25.1 Å². The number of hydrogen-bond acceptors (Lipinski definition) is 2. The fraction of sp³-hybridized carbons (Fsp3) is 0.455. The van der Waals surface area contributed by atoms with E-state index in [4.69, 9.17) is 16.3 Å². The zero-order chi connectivity index (χ0) is 11.8. The van der Waals surface area contributed by atoms with Gasteiger partial charge in [0.05, 0.1) is 6.10 Å². The molecule has 1 aromatic rings. The van der Waals surface area contributed by atoms with Crippen LogP contribution in [0, 0.1) is 0 Å². The van der Waals surface area contributed by atoms with E-state index in [1.54, 1.807) is 12.1 Å². The molecule has 1 heterocycles. The fourth-order valence-corrected chi connectivity index (χ4v) is 1.97. The van der Waals surface area contributed by atoms with Crippen LogP contribution in [0.25, 0.3) is 0 Å². The first kappa shape index (κ1) is 11.6. The summed E-state index contributed by atoms with van der Waals surface area (Å²) in [4.78, 5) is 0. The Hall–Kier alpha value is -0.870. The van der Waals surface area contributed by atoms with E-state index in [1.165, 1.54) is 6.07 Å². The molecular weight excluding hydrogens is 238 g/mol. The Morgan fingerprint density at radius 3 is 2.75 bits per heavy atom. The first-order valence-corrected chi connectivity index (χ1v) is 5.26. The van der Waals surface area contributed by atoms with Gasteiger partial charge >= 0.3 is 0 Å². The SMILES string of the molecule is O[C@H]1CC(CF)(CF)Oc2cc(Cl)ccc21. The molecule has 0 radical (unpaired) electrons. The van der Waals surface area contributed by atoms with Crippen molar-refractivity contribution in [2.75, 3.05) is 13.3 Å². The summed E-state index contributed by atoms with van der Waals surface area (Å²) in [7, 11) is 0. The van der Waals surface area contributed by atoms with Gasteiger partial charge < -0.3 is 9.84 Å². The van der Waals surface area contributed by atoms with Gasteiger partial charge in [0.2, 0.25) is 0 Å². The van der Waals surface area contributed by atoms with E-state index in [9.17, 15) is 13.9 Å². The van der Waals surface area contributed by atoms with Crippen LogP contribution < -0.4 is 4.74 Å². The highest BCUT2D eigenvalue weighted by molar-refractivity contribution is 6.30. The second-order valence-corrected chi connectivity index (χ2v) is 4.39. The quantitative estimate of drug-likeness (QED) is 0.872. The van der Waals surface area contributed by atoms with Crippen LogP contribution in [-0.2, 0) is 0 Å². The van der Waals surface area contributed by atoms with Gasteiger partial charge in [-0.15, -0.1) is 0 Å². The van der Waals surface area contributed by atoms with Crippen molar-refractivity contribution < 1.29 is 18.6 Å². The van der Waals surface area contributed by atoms with E-state index in [0.29, 0.717) is 10.6 Å². The minimum Gasteiger partial charge on any atom is -0.481 e. The summed E-state index contributed by atoms with van der Waals surface area (Å²) in [6, 6.07) is 4.66. The van der Waals surface area contributed by atoms with E-state index >= 15 is 0 Å². The lowest BCUT2D eigenvalue weighted by Gasteiger charge is -2.37. The molecule has 0 spiro atoms. The van der Waals surface area contributed by atoms with E-state index in [-0.39, 0.29) is 12.2 Å². The number of halogens is 3. The molecule has 1 aliphatic heterocycles. The highest BCUT2D eigenvalue weighted by Crippen LogP contribution is 2.41. The molecule has 0 saturated carbocycles. The molecular formula is C11H11ClF2O2. The number of benzene rings is 1. The molecule has 5 heteroatoms. The molecule has 16 heavy (non-hydrogen) atoms. The summed E-state index contributed by atoms with van der Waals surface area (Å²) in [5.41, 5.74) is -1.06. The predicted molar refractivity (Wildman–Crippen MR) is 56.3 cm³/mol. The number of fused-ring (bicyclic) bond motifs is 1. The summed E-state index contributed by atoms with van der Waals surface area (Å²) in [5, 5.41) is 10.2. The van der Waals surface area contributed by atoms with Gasteiger partial charge in [-0.3, -0.25) is 0 Å². The Kier molecular flexibility index (Phi) is 3.04. The first-order chi connectivity index (χ1) is 7.60. The number of ether oxygens (including phenoxy) is 1. The molecule has 88 valence electrons. The van der Waals surface area contributed by atoms with Gasteiger partial charge in [-0.25, -0.2) is 8.78 Å². The van der Waals surface area contributed by atoms with Crippen LogP contribution in [0.4, 0.5) is 8.78 Å². The predicted octanol–water partition coefficient (Wildman–Crippen LogP) is 2.83. The molecule has 0 aromatic heterocycles. The highest BCUT2D eigenvalue weighted by Gasteiger charge is 2.41. The van der Waals surface area contributed by atoms with Crippen molar-refractivity contribution in [3.8, 4) is 5.75 Å². The Morgan fingerprint density at radius 2 is 2.12 bits per heavy atom. The lowest BCUT2D eigenvalue weighted by molar-refractivity contribution is -0.0443. The third-order valence-corrected chi connectivity index (χ3v) is 2.95. The van der Waals surface area contributed by atoms with Crippen molar-refractivity contribution in [3.05, 3.63) is 28.8 Å². The van der Waals surface area contributed by atoms with Crippen molar-refractivity contribution in [3.63, 3.8) is 0 Å². The Labute approximate surface area is 96.8 Å². The smallest absolute Gasteiger partial charge is 0.168 e. The van der Waals surface area contributed by atoms with E-state index in [0.717, 1.165) is 0 Å². The average molecular weight is 249 g/mol. The Balaban J connectivity index is 2.41. The standard InChI is InChI=1S/C11H11ClF2O2/c12-7-1-2-8-9(15)4-11(5-13,6-14)16-10(8)3-7/h1-3,9,15H,4-6H2/t9-/m0/s1. The molecule has 0 aliphatic carbocycles. The fourth-order valence-electron chi connectivity index (χ4n) is 1.81. The minimum absolute atomic E-state index is 0.0887. The van der Waals surface area contributed by atoms with Crippen LogP contribution in [0.5, 0.6) is 5.75 Å². The van der Waals surface area contributed by atoms with Crippen molar-refractivity contribution in [2.24, 2.45) is 0 Å². The van der Waals surface area contributed by atoms with Crippen molar-refractivity contribution in [1.29, 1.82) is 0 Å². The lowest BCUT2D eigenvalue weighted by Crippen LogP contribution is -2.45. The Morgan fingerprint density at radius 1 is 1.44 bits per heavy atom. The van der Waals surface area contributed by atoms with Gasteiger partial charge in [0.15, 0.2) is 5.60 Å². The second-order valence-electron chi connectivity index (χ2n) is 3.95. The van der Waals surface area contributed by atoms with Crippen LogP contribution in [0.15, 0.2) is 18.2 Å². The van der Waals surface area contributed by atoms with E-state index in [2.05, 4.69) is 0 Å². The van der Waals surface area contributed by atoms with Gasteiger partial charge in [-0.1, -0.05) is 17.7 Å². The van der Waals surface area contributed by atoms with Crippen LogP contribution >= 0.6 is 11.6 Å². The number of rotatable bonds is 2. The molecule has 1 atom stereocenters. The average Bonchev–Trinajstić information content (AvgIpc) is 2.28. The summed E-state index contributed by atoms with van der Waals surface area (Å²) in [6.45, 7) is -1.96. The number of hydrogen-bond donors (Lipinski definition) is 1. The second kappa shape index (κ2) is 4.18. The van der Waals surface area contributed by atoms with Crippen LogP contribution in [0.1, 0.15) is 18.1 Å². The maximum absolute atomic E-state index is 12.8. The zero-order valence-corrected chi connectivity index (χ0v) is 9.18. The van der Waals surface area contributed by atoms with Gasteiger partial charge in [0.1, 0.15) is 19.1 Å². The van der Waals surface area contributed by atoms with E-state index in [1.807, 2.05) is 0 Å². The van der Waals surface area contributed by atoms with Crippen LogP contribution in [-0.4, -0.2) is 24.1 Å². The van der Waals surface area contributed by atoms with Crippen LogP contribution in [0.3, 0.4) is 0 Å². The first-order valence-electron chi connectivity index (χ1n) is 4.89. The molecule has 1 N–H and O–H groups in total. The van der Waals surface area contributed by atoms with Crippen molar-refractivity contribution in [2.45, 2.75) is 18.1 Å². The maximum Gasteiger partial charge on any atom is 0.168 e. The van der Waals surface area contributed by atoms with Crippen LogP contribution in [0.2, 0.25) is 5.02 Å². The van der Waals surface area contributed by atoms with Gasteiger partial charge in [0, 0.05) is 17.0 Å². The zero-order valence-electron chi connectivity index (χ0n) is 8.42. The largest absolute Gasteiger partial charge is 0.481 e. The van der Waals surface area contributed by atoms with Gasteiger partial charge in [0.25, 0.3) is 0 Å². The lowest BCUT2D eigenvalue weighted by atomic mass is 9.91. The van der Waals surface area contributed by atoms with Gasteiger partial charge in [-0.05, 0) is 12.1 Å². The molecule has 0 fully saturated rings. The molecule has 2 nitrogen and oxygen atoms in total. The Bertz CT molecular complexity index is 394. The van der Waals surface area contributed by atoms with Gasteiger partial charge in [-0.2, -0.15) is 0 Å². The maximum atomic E-state index is 12.8. The molecule has 1 aromatic carbocycles. The third kappa shape index (κ3) is 1.87. The number of aliphatic hydroxyl groups excluding tert-OH is 1. The molecule has 0 unspecified atom stereocenters. The third-order valence-electron chi connectivity index (χ3n) is 2.71. The molecule has 0 amide bonds.